The van der Waals surface area contributed by atoms with Crippen molar-refractivity contribution in [3.05, 3.63) is 28.2 Å². The molecular formula is C13H17Cl2N3O. The molecule has 1 atom stereocenters. The van der Waals surface area contributed by atoms with Gasteiger partial charge in [0.1, 0.15) is 0 Å². The van der Waals surface area contributed by atoms with Crippen LogP contribution in [-0.2, 0) is 0 Å². The van der Waals surface area contributed by atoms with Crippen LogP contribution in [0.15, 0.2) is 18.2 Å². The van der Waals surface area contributed by atoms with Gasteiger partial charge in [0.05, 0.1) is 16.2 Å². The summed E-state index contributed by atoms with van der Waals surface area (Å²) in [6.07, 6.45) is 2.21. The number of nitrogens with two attached hydrogens (primary N) is 1. The molecule has 1 unspecified atom stereocenters. The number of rotatable bonds is 4. The molecule has 1 aliphatic carbocycles. The number of carbonyl (C=O) groups excluding carboxylic acids is 1. The summed E-state index contributed by atoms with van der Waals surface area (Å²) in [4.78, 5) is 12.0. The summed E-state index contributed by atoms with van der Waals surface area (Å²) >= 11 is 11.9. The average Bonchev–Trinajstić information content (AvgIpc) is 3.18. The molecule has 6 heteroatoms. The van der Waals surface area contributed by atoms with E-state index in [-0.39, 0.29) is 11.6 Å². The molecule has 2 rings (SSSR count). The van der Waals surface area contributed by atoms with Crippen LogP contribution in [0.25, 0.3) is 0 Å². The molecule has 0 radical (unpaired) electrons. The van der Waals surface area contributed by atoms with Gasteiger partial charge < -0.3 is 16.4 Å². The van der Waals surface area contributed by atoms with Crippen LogP contribution in [-0.4, -0.2) is 18.1 Å². The first-order valence-corrected chi connectivity index (χ1v) is 6.94. The molecule has 0 bridgehead atoms. The normalized spacial score (nSPS) is 17.7. The smallest absolute Gasteiger partial charge is 0.319 e. The van der Waals surface area contributed by atoms with Crippen LogP contribution in [0.3, 0.4) is 0 Å². The molecule has 104 valence electrons. The van der Waals surface area contributed by atoms with Crippen LogP contribution in [0.2, 0.25) is 10.0 Å². The molecular weight excluding hydrogens is 285 g/mol. The van der Waals surface area contributed by atoms with E-state index in [2.05, 4.69) is 10.6 Å². The highest BCUT2D eigenvalue weighted by atomic mass is 35.5. The number of carbonyl (C=O) groups is 1. The predicted molar refractivity (Wildman–Crippen MR) is 78.8 cm³/mol. The number of hydrogen-bond acceptors (Lipinski definition) is 2. The zero-order chi connectivity index (χ0) is 14.0. The fourth-order valence-electron chi connectivity index (χ4n) is 2.05. The van der Waals surface area contributed by atoms with Gasteiger partial charge in [-0.3, -0.25) is 0 Å². The summed E-state index contributed by atoms with van der Waals surface area (Å²) in [6, 6.07) is 4.60. The van der Waals surface area contributed by atoms with E-state index < -0.39 is 0 Å². The Morgan fingerprint density at radius 3 is 2.74 bits per heavy atom. The highest BCUT2D eigenvalue weighted by Crippen LogP contribution is 2.39. The van der Waals surface area contributed by atoms with Crippen molar-refractivity contribution < 1.29 is 4.79 Å². The highest BCUT2D eigenvalue weighted by Gasteiger charge is 2.41. The number of anilines is 1. The molecule has 0 heterocycles. The first kappa shape index (κ1) is 14.4. The lowest BCUT2D eigenvalue weighted by molar-refractivity contribution is 0.234. The van der Waals surface area contributed by atoms with Gasteiger partial charge in [-0.15, -0.1) is 0 Å². The number of hydrogen-bond donors (Lipinski definition) is 3. The molecule has 1 fully saturated rings. The Morgan fingerprint density at radius 1 is 1.47 bits per heavy atom. The minimum atomic E-state index is -0.366. The zero-order valence-corrected chi connectivity index (χ0v) is 12.2. The van der Waals surface area contributed by atoms with E-state index in [1.807, 2.05) is 6.92 Å². The number of benzene rings is 1. The summed E-state index contributed by atoms with van der Waals surface area (Å²) in [5.74, 6) is 0.457. The molecule has 1 aromatic rings. The Morgan fingerprint density at radius 2 is 2.16 bits per heavy atom. The van der Waals surface area contributed by atoms with Crippen molar-refractivity contribution in [2.75, 3.05) is 11.9 Å². The van der Waals surface area contributed by atoms with Crippen molar-refractivity contribution in [2.24, 2.45) is 11.7 Å². The fraction of sp³-hybridized carbons (Fsp3) is 0.462. The van der Waals surface area contributed by atoms with E-state index >= 15 is 0 Å². The Bertz CT molecular complexity index is 491. The third kappa shape index (κ3) is 3.53. The van der Waals surface area contributed by atoms with Crippen LogP contribution < -0.4 is 16.4 Å². The van der Waals surface area contributed by atoms with E-state index in [9.17, 15) is 4.79 Å². The standard InChI is InChI=1S/C13H17Cl2N3O/c1-13(7-16,8-2-3-8)18-12(19)17-11-6-9(14)4-5-10(11)15/h4-6,8H,2-3,7,16H2,1H3,(H2,17,18,19). The Kier molecular flexibility index (Phi) is 4.23. The van der Waals surface area contributed by atoms with Crippen molar-refractivity contribution in [3.8, 4) is 0 Å². The molecule has 4 N–H and O–H groups in total. The number of nitrogens with one attached hydrogen (secondary N) is 2. The van der Waals surface area contributed by atoms with Crippen molar-refractivity contribution in [1.82, 2.24) is 5.32 Å². The second-order valence-corrected chi connectivity index (χ2v) is 5.94. The maximum atomic E-state index is 12.0. The van der Waals surface area contributed by atoms with Crippen molar-refractivity contribution >= 4 is 34.9 Å². The summed E-state index contributed by atoms with van der Waals surface area (Å²) < 4.78 is 0. The lowest BCUT2D eigenvalue weighted by Gasteiger charge is -2.29. The van der Waals surface area contributed by atoms with Crippen molar-refractivity contribution in [1.29, 1.82) is 0 Å². The zero-order valence-electron chi connectivity index (χ0n) is 10.7. The van der Waals surface area contributed by atoms with E-state index in [0.29, 0.717) is 28.2 Å². The third-order valence-electron chi connectivity index (χ3n) is 3.48. The fourth-order valence-corrected chi connectivity index (χ4v) is 2.38. The molecule has 1 saturated carbocycles. The van der Waals surface area contributed by atoms with Crippen LogP contribution in [0.1, 0.15) is 19.8 Å². The molecule has 0 aromatic heterocycles. The quantitative estimate of drug-likeness (QED) is 0.799. The molecule has 0 aliphatic heterocycles. The van der Waals surface area contributed by atoms with Crippen molar-refractivity contribution in [2.45, 2.75) is 25.3 Å². The second kappa shape index (κ2) is 5.57. The van der Waals surface area contributed by atoms with Gasteiger partial charge in [0.2, 0.25) is 0 Å². The van der Waals surface area contributed by atoms with Crippen LogP contribution in [0, 0.1) is 5.92 Å². The van der Waals surface area contributed by atoms with E-state index in [0.717, 1.165) is 12.8 Å². The van der Waals surface area contributed by atoms with Crippen LogP contribution in [0.4, 0.5) is 10.5 Å². The molecule has 0 spiro atoms. The monoisotopic (exact) mass is 301 g/mol. The Balaban J connectivity index is 2.02. The maximum Gasteiger partial charge on any atom is 0.319 e. The van der Waals surface area contributed by atoms with Gasteiger partial charge >= 0.3 is 6.03 Å². The lowest BCUT2D eigenvalue weighted by Crippen LogP contribution is -2.54. The maximum absolute atomic E-state index is 12.0. The van der Waals surface area contributed by atoms with Gasteiger partial charge in [0.15, 0.2) is 0 Å². The minimum Gasteiger partial charge on any atom is -0.331 e. The van der Waals surface area contributed by atoms with E-state index in [1.54, 1.807) is 18.2 Å². The SMILES string of the molecule is CC(CN)(NC(=O)Nc1cc(Cl)ccc1Cl)C1CC1. The largest absolute Gasteiger partial charge is 0.331 e. The van der Waals surface area contributed by atoms with Gasteiger partial charge in [-0.05, 0) is 43.9 Å². The minimum absolute atomic E-state index is 0.316. The van der Waals surface area contributed by atoms with Gasteiger partial charge in [-0.1, -0.05) is 23.2 Å². The average molecular weight is 302 g/mol. The van der Waals surface area contributed by atoms with E-state index in [1.165, 1.54) is 0 Å². The van der Waals surface area contributed by atoms with Crippen LogP contribution in [0.5, 0.6) is 0 Å². The molecule has 1 aliphatic rings. The van der Waals surface area contributed by atoms with E-state index in [4.69, 9.17) is 28.9 Å². The van der Waals surface area contributed by atoms with Crippen LogP contribution >= 0.6 is 23.2 Å². The highest BCUT2D eigenvalue weighted by molar-refractivity contribution is 6.35. The topological polar surface area (TPSA) is 67.1 Å². The summed E-state index contributed by atoms with van der Waals surface area (Å²) in [6.45, 7) is 2.37. The molecule has 19 heavy (non-hydrogen) atoms. The molecule has 2 amide bonds. The number of urea groups is 1. The number of halogens is 2. The van der Waals surface area contributed by atoms with Gasteiger partial charge in [0.25, 0.3) is 0 Å². The van der Waals surface area contributed by atoms with Gasteiger partial charge in [-0.25, -0.2) is 4.79 Å². The van der Waals surface area contributed by atoms with Crippen molar-refractivity contribution in [3.63, 3.8) is 0 Å². The lowest BCUT2D eigenvalue weighted by atomic mass is 9.96. The summed E-state index contributed by atoms with van der Waals surface area (Å²) in [7, 11) is 0. The predicted octanol–water partition coefficient (Wildman–Crippen LogP) is 3.24. The molecule has 1 aromatic carbocycles. The number of amides is 2. The van der Waals surface area contributed by atoms with Gasteiger partial charge in [-0.2, -0.15) is 0 Å². The first-order valence-electron chi connectivity index (χ1n) is 6.19. The summed E-state index contributed by atoms with van der Waals surface area (Å²) in [5, 5.41) is 6.59. The molecule has 4 nitrogen and oxygen atoms in total. The third-order valence-corrected chi connectivity index (χ3v) is 4.04. The Labute approximate surface area is 122 Å². The first-order chi connectivity index (χ1) is 8.94. The molecule has 0 saturated heterocycles. The van der Waals surface area contributed by atoms with Gasteiger partial charge in [0, 0.05) is 11.6 Å². The second-order valence-electron chi connectivity index (χ2n) is 5.10. The Hall–Kier alpha value is -0.970. The summed E-state index contributed by atoms with van der Waals surface area (Å²) in [5.41, 5.74) is 5.88.